The fraction of sp³-hybridized carbons (Fsp3) is 0.500. The summed E-state index contributed by atoms with van der Waals surface area (Å²) in [5.41, 5.74) is 0.236. The van der Waals surface area contributed by atoms with E-state index in [1.54, 1.807) is 0 Å². The topological polar surface area (TPSA) is 89.8 Å². The molecule has 1 heterocycles. The lowest BCUT2D eigenvalue weighted by atomic mass is 10.2. The molecule has 8 heteroatoms. The second-order valence-electron chi connectivity index (χ2n) is 4.81. The van der Waals surface area contributed by atoms with Gasteiger partial charge in [-0.2, -0.15) is 0 Å². The molecular weight excluding hydrogens is 284 g/mol. The Morgan fingerprint density at radius 2 is 2.15 bits per heavy atom. The molecule has 1 aromatic carbocycles. The van der Waals surface area contributed by atoms with Gasteiger partial charge < -0.3 is 9.64 Å². The number of nitrogens with zero attached hydrogens (tertiary/aromatic N) is 2. The maximum absolute atomic E-state index is 11.5. The summed E-state index contributed by atoms with van der Waals surface area (Å²) in [5, 5.41) is 11.2. The average Bonchev–Trinajstić information content (AvgIpc) is 2.37. The Balaban J connectivity index is 2.45. The number of nitro groups is 1. The van der Waals surface area contributed by atoms with Crippen molar-refractivity contribution >= 4 is 21.2 Å². The van der Waals surface area contributed by atoms with Crippen molar-refractivity contribution in [2.75, 3.05) is 30.9 Å². The van der Waals surface area contributed by atoms with Gasteiger partial charge in [0.15, 0.2) is 9.84 Å². The summed E-state index contributed by atoms with van der Waals surface area (Å²) in [6.07, 6.45) is 1.01. The Bertz CT molecular complexity index is 629. The number of morpholine rings is 1. The van der Waals surface area contributed by atoms with Crippen molar-refractivity contribution in [2.24, 2.45) is 0 Å². The number of sulfone groups is 1. The number of benzene rings is 1. The fourth-order valence-electron chi connectivity index (χ4n) is 2.18. The molecule has 20 heavy (non-hydrogen) atoms. The maximum Gasteiger partial charge on any atom is 0.293 e. The van der Waals surface area contributed by atoms with Gasteiger partial charge in [0.2, 0.25) is 0 Å². The first-order chi connectivity index (χ1) is 9.29. The number of hydrogen-bond acceptors (Lipinski definition) is 6. The third-order valence-corrected chi connectivity index (χ3v) is 4.26. The molecule has 0 saturated carbocycles. The van der Waals surface area contributed by atoms with E-state index < -0.39 is 14.8 Å². The monoisotopic (exact) mass is 300 g/mol. The zero-order valence-electron chi connectivity index (χ0n) is 11.3. The quantitative estimate of drug-likeness (QED) is 0.616. The van der Waals surface area contributed by atoms with E-state index in [4.69, 9.17) is 4.74 Å². The van der Waals surface area contributed by atoms with Crippen LogP contribution in [0.3, 0.4) is 0 Å². The van der Waals surface area contributed by atoms with Gasteiger partial charge in [-0.05, 0) is 19.1 Å². The number of nitro benzene ring substituents is 1. The molecule has 2 rings (SSSR count). The first kappa shape index (κ1) is 14.7. The molecule has 0 radical (unpaired) electrons. The molecule has 110 valence electrons. The molecule has 1 aromatic rings. The molecule has 1 aliphatic rings. The van der Waals surface area contributed by atoms with Crippen molar-refractivity contribution in [2.45, 2.75) is 17.9 Å². The van der Waals surface area contributed by atoms with Gasteiger partial charge in [0.25, 0.3) is 5.69 Å². The van der Waals surface area contributed by atoms with Gasteiger partial charge in [0.05, 0.1) is 22.5 Å². The predicted molar refractivity (Wildman–Crippen MR) is 73.8 cm³/mol. The van der Waals surface area contributed by atoms with Crippen LogP contribution >= 0.6 is 0 Å². The van der Waals surface area contributed by atoms with Crippen molar-refractivity contribution in [3.63, 3.8) is 0 Å². The van der Waals surface area contributed by atoms with Gasteiger partial charge in [0, 0.05) is 25.4 Å². The second kappa shape index (κ2) is 5.37. The van der Waals surface area contributed by atoms with Gasteiger partial charge in [-0.15, -0.1) is 0 Å². The molecule has 0 aliphatic carbocycles. The van der Waals surface area contributed by atoms with E-state index in [0.29, 0.717) is 25.4 Å². The Morgan fingerprint density at radius 1 is 1.45 bits per heavy atom. The first-order valence-corrected chi connectivity index (χ1v) is 8.03. The second-order valence-corrected chi connectivity index (χ2v) is 6.82. The number of ether oxygens (including phenoxy) is 1. The maximum atomic E-state index is 11.5. The van der Waals surface area contributed by atoms with E-state index in [2.05, 4.69) is 0 Å². The van der Waals surface area contributed by atoms with Crippen molar-refractivity contribution < 1.29 is 18.1 Å². The van der Waals surface area contributed by atoms with E-state index in [9.17, 15) is 18.5 Å². The van der Waals surface area contributed by atoms with Crippen LogP contribution in [0.2, 0.25) is 0 Å². The molecule has 0 aromatic heterocycles. The predicted octanol–water partition coefficient (Wildman–Crippen LogP) is 1.22. The number of hydrogen-bond donors (Lipinski definition) is 0. The molecular formula is C12H16N2O5S. The average molecular weight is 300 g/mol. The van der Waals surface area contributed by atoms with Crippen LogP contribution in [0.15, 0.2) is 23.1 Å². The number of anilines is 1. The van der Waals surface area contributed by atoms with Crippen molar-refractivity contribution in [3.8, 4) is 0 Å². The Hall–Kier alpha value is -1.67. The highest BCUT2D eigenvalue weighted by atomic mass is 32.2. The molecule has 7 nitrogen and oxygen atoms in total. The van der Waals surface area contributed by atoms with E-state index in [-0.39, 0.29) is 16.7 Å². The Morgan fingerprint density at radius 3 is 2.70 bits per heavy atom. The standard InChI is InChI=1S/C12H16N2O5S/c1-9-8-13(5-6-19-9)11-4-3-10(20(2,17)18)7-12(11)14(15)16/h3-4,7,9H,5-6,8H2,1-2H3. The van der Waals surface area contributed by atoms with Crippen LogP contribution in [-0.2, 0) is 14.6 Å². The summed E-state index contributed by atoms with van der Waals surface area (Å²) in [6.45, 7) is 3.47. The van der Waals surface area contributed by atoms with Crippen LogP contribution in [0.25, 0.3) is 0 Å². The SMILES string of the molecule is CC1CN(c2ccc(S(C)(=O)=O)cc2[N+](=O)[O-])CCO1. The lowest BCUT2D eigenvalue weighted by Crippen LogP contribution is -2.41. The van der Waals surface area contributed by atoms with Crippen LogP contribution < -0.4 is 4.90 Å². The van der Waals surface area contributed by atoms with Crippen LogP contribution in [0, 0.1) is 10.1 Å². The summed E-state index contributed by atoms with van der Waals surface area (Å²) in [4.78, 5) is 12.4. The molecule has 1 atom stereocenters. The van der Waals surface area contributed by atoms with Gasteiger partial charge in [-0.3, -0.25) is 10.1 Å². The summed E-state index contributed by atoms with van der Waals surface area (Å²) in [7, 11) is -3.46. The largest absolute Gasteiger partial charge is 0.375 e. The molecule has 0 N–H and O–H groups in total. The van der Waals surface area contributed by atoms with Gasteiger partial charge >= 0.3 is 0 Å². The van der Waals surface area contributed by atoms with Crippen molar-refractivity contribution in [1.29, 1.82) is 0 Å². The molecule has 0 spiro atoms. The minimum atomic E-state index is -3.46. The summed E-state index contributed by atoms with van der Waals surface area (Å²) < 4.78 is 28.4. The highest BCUT2D eigenvalue weighted by Crippen LogP contribution is 2.31. The van der Waals surface area contributed by atoms with Crippen molar-refractivity contribution in [1.82, 2.24) is 0 Å². The molecule has 0 amide bonds. The molecule has 1 aliphatic heterocycles. The van der Waals surface area contributed by atoms with Crippen LogP contribution in [0.1, 0.15) is 6.92 Å². The summed E-state index contributed by atoms with van der Waals surface area (Å²) >= 11 is 0. The Labute approximate surface area is 117 Å². The fourth-order valence-corrected chi connectivity index (χ4v) is 2.83. The van der Waals surface area contributed by atoms with Gasteiger partial charge in [-0.1, -0.05) is 0 Å². The van der Waals surface area contributed by atoms with Crippen LogP contribution in [-0.4, -0.2) is 45.4 Å². The smallest absolute Gasteiger partial charge is 0.293 e. The minimum absolute atomic E-state index is 0.0158. The van der Waals surface area contributed by atoms with Crippen LogP contribution in [0.4, 0.5) is 11.4 Å². The lowest BCUT2D eigenvalue weighted by Gasteiger charge is -2.32. The Kier molecular flexibility index (Phi) is 3.96. The molecule has 0 bridgehead atoms. The van der Waals surface area contributed by atoms with Crippen LogP contribution in [0.5, 0.6) is 0 Å². The third-order valence-electron chi connectivity index (χ3n) is 3.15. The summed E-state index contributed by atoms with van der Waals surface area (Å²) in [5.74, 6) is 0. The van der Waals surface area contributed by atoms with E-state index in [1.807, 2.05) is 11.8 Å². The molecule has 1 unspecified atom stereocenters. The minimum Gasteiger partial charge on any atom is -0.375 e. The molecule has 1 fully saturated rings. The normalized spacial score (nSPS) is 19.9. The van der Waals surface area contributed by atoms with E-state index >= 15 is 0 Å². The number of rotatable bonds is 3. The van der Waals surface area contributed by atoms with Gasteiger partial charge in [0.1, 0.15) is 5.69 Å². The van der Waals surface area contributed by atoms with Crippen molar-refractivity contribution in [3.05, 3.63) is 28.3 Å². The zero-order valence-corrected chi connectivity index (χ0v) is 12.1. The third kappa shape index (κ3) is 3.07. The highest BCUT2D eigenvalue weighted by molar-refractivity contribution is 7.90. The zero-order chi connectivity index (χ0) is 14.9. The van der Waals surface area contributed by atoms with Gasteiger partial charge in [-0.25, -0.2) is 8.42 Å². The van der Waals surface area contributed by atoms with E-state index in [0.717, 1.165) is 12.3 Å². The molecule has 1 saturated heterocycles. The first-order valence-electron chi connectivity index (χ1n) is 6.14. The lowest BCUT2D eigenvalue weighted by molar-refractivity contribution is -0.384. The van der Waals surface area contributed by atoms with E-state index in [1.165, 1.54) is 12.1 Å². The summed E-state index contributed by atoms with van der Waals surface area (Å²) in [6, 6.07) is 4.01. The highest BCUT2D eigenvalue weighted by Gasteiger charge is 2.25.